The number of amides is 1. The van der Waals surface area contributed by atoms with Crippen molar-refractivity contribution in [3.05, 3.63) is 81.4 Å². The Hall–Kier alpha value is -2.99. The van der Waals surface area contributed by atoms with Crippen LogP contribution in [0.4, 0.5) is 0 Å². The Balaban J connectivity index is 1.49. The van der Waals surface area contributed by atoms with E-state index in [-0.39, 0.29) is 22.6 Å². The molecule has 0 saturated carbocycles. The highest BCUT2D eigenvalue weighted by atomic mass is 16.2. The molecule has 1 amide bonds. The molecule has 1 aliphatic rings. The molecule has 0 spiro atoms. The van der Waals surface area contributed by atoms with Crippen molar-refractivity contribution >= 4 is 11.6 Å². The van der Waals surface area contributed by atoms with E-state index in [9.17, 15) is 9.59 Å². The number of benzene rings is 1. The predicted octanol–water partition coefficient (Wildman–Crippen LogP) is 2.57. The Morgan fingerprint density at radius 3 is 2.72 bits per heavy atom. The summed E-state index contributed by atoms with van der Waals surface area (Å²) in [6.45, 7) is 8.39. The third-order valence-corrected chi connectivity index (χ3v) is 5.76. The van der Waals surface area contributed by atoms with Crippen LogP contribution in [0, 0.1) is 6.92 Å². The minimum atomic E-state index is -0.385. The van der Waals surface area contributed by atoms with E-state index in [1.807, 2.05) is 13.0 Å². The summed E-state index contributed by atoms with van der Waals surface area (Å²) in [5.41, 5.74) is 3.68. The average molecular weight is 390 g/mol. The number of aryl methyl sites for hydroxylation is 1. The quantitative estimate of drug-likeness (QED) is 0.744. The van der Waals surface area contributed by atoms with Crippen LogP contribution >= 0.6 is 0 Å². The Morgan fingerprint density at radius 2 is 1.93 bits per heavy atom. The highest BCUT2D eigenvalue weighted by Gasteiger charge is 2.30. The number of carbonyl (C=O) groups excluding carboxylic acids is 1. The molecule has 0 radical (unpaired) electrons. The third kappa shape index (κ3) is 3.80. The van der Waals surface area contributed by atoms with Gasteiger partial charge in [-0.15, -0.1) is 0 Å². The molecular formula is C23H26N4O2. The van der Waals surface area contributed by atoms with E-state index in [2.05, 4.69) is 53.3 Å². The molecule has 4 rings (SSSR count). The average Bonchev–Trinajstić information content (AvgIpc) is 2.72. The van der Waals surface area contributed by atoms with Crippen LogP contribution in [0.2, 0.25) is 0 Å². The molecule has 1 aromatic carbocycles. The van der Waals surface area contributed by atoms with E-state index in [1.165, 1.54) is 21.7 Å². The summed E-state index contributed by atoms with van der Waals surface area (Å²) in [5.74, 6) is -0.385. The predicted molar refractivity (Wildman–Crippen MR) is 113 cm³/mol. The van der Waals surface area contributed by atoms with Crippen LogP contribution in [0.3, 0.4) is 0 Å². The minimum absolute atomic E-state index is 0.0629. The molecule has 1 N–H and O–H groups in total. The smallest absolute Gasteiger partial charge is 0.270 e. The van der Waals surface area contributed by atoms with Crippen LogP contribution in [0.25, 0.3) is 5.65 Å². The number of fused-ring (bicyclic) bond motifs is 2. The van der Waals surface area contributed by atoms with Crippen molar-refractivity contribution in [1.82, 2.24) is 19.6 Å². The van der Waals surface area contributed by atoms with Crippen molar-refractivity contribution in [2.24, 2.45) is 0 Å². The summed E-state index contributed by atoms with van der Waals surface area (Å²) in [5, 5.41) is 2.95. The number of rotatable bonds is 4. The number of nitrogens with zero attached hydrogens (tertiary/aromatic N) is 3. The fourth-order valence-corrected chi connectivity index (χ4v) is 3.85. The van der Waals surface area contributed by atoms with E-state index < -0.39 is 0 Å². The Bertz CT molecular complexity index is 1130. The van der Waals surface area contributed by atoms with Gasteiger partial charge in [0.2, 0.25) is 0 Å². The second-order valence-electron chi connectivity index (χ2n) is 8.35. The third-order valence-electron chi connectivity index (χ3n) is 5.76. The van der Waals surface area contributed by atoms with Crippen LogP contribution in [0.1, 0.15) is 40.9 Å². The normalized spacial score (nSPS) is 14.6. The molecule has 1 aliphatic heterocycles. The molecular weight excluding hydrogens is 364 g/mol. The van der Waals surface area contributed by atoms with Gasteiger partial charge in [-0.05, 0) is 49.9 Å². The highest BCUT2D eigenvalue weighted by Crippen LogP contribution is 2.25. The van der Waals surface area contributed by atoms with Gasteiger partial charge in [-0.25, -0.2) is 4.98 Å². The van der Waals surface area contributed by atoms with E-state index in [0.717, 1.165) is 25.1 Å². The van der Waals surface area contributed by atoms with E-state index in [0.29, 0.717) is 12.2 Å². The Kier molecular flexibility index (Phi) is 4.96. The number of carbonyl (C=O) groups is 1. The first-order chi connectivity index (χ1) is 13.8. The lowest BCUT2D eigenvalue weighted by molar-refractivity contribution is 0.0824. The molecule has 0 bridgehead atoms. The van der Waals surface area contributed by atoms with Gasteiger partial charge in [0.15, 0.2) is 0 Å². The number of hydrogen-bond acceptors (Lipinski definition) is 4. The SMILES string of the molecule is Cc1ccc2ncc(C(=O)NCC(C)(C)N3CCc4ccccc4C3)c(=O)n2c1. The molecule has 0 fully saturated rings. The number of aromatic nitrogens is 2. The number of nitrogens with one attached hydrogen (secondary N) is 1. The minimum Gasteiger partial charge on any atom is -0.350 e. The van der Waals surface area contributed by atoms with Gasteiger partial charge in [-0.3, -0.25) is 18.9 Å². The topological polar surface area (TPSA) is 66.7 Å². The van der Waals surface area contributed by atoms with Gasteiger partial charge in [0.1, 0.15) is 11.2 Å². The molecule has 6 heteroatoms. The zero-order chi connectivity index (χ0) is 20.6. The largest absolute Gasteiger partial charge is 0.350 e. The summed E-state index contributed by atoms with van der Waals surface area (Å²) in [4.78, 5) is 32.1. The van der Waals surface area contributed by atoms with Gasteiger partial charge in [-0.1, -0.05) is 30.3 Å². The lowest BCUT2D eigenvalue weighted by Gasteiger charge is -2.41. The van der Waals surface area contributed by atoms with Gasteiger partial charge in [0.25, 0.3) is 11.5 Å². The highest BCUT2D eigenvalue weighted by molar-refractivity contribution is 5.93. The second kappa shape index (κ2) is 7.44. The summed E-state index contributed by atoms with van der Waals surface area (Å²) in [7, 11) is 0. The molecule has 6 nitrogen and oxygen atoms in total. The Labute approximate surface area is 170 Å². The Morgan fingerprint density at radius 1 is 1.17 bits per heavy atom. The lowest BCUT2D eigenvalue weighted by Crippen LogP contribution is -2.53. The standard InChI is InChI=1S/C23H26N4O2/c1-16-8-9-20-24-12-19(22(29)27(20)13-16)21(28)25-15-23(2,3)26-11-10-17-6-4-5-7-18(17)14-26/h4-9,12-13H,10-11,14-15H2,1-3H3,(H,25,28). The fourth-order valence-electron chi connectivity index (χ4n) is 3.85. The van der Waals surface area contributed by atoms with Gasteiger partial charge < -0.3 is 5.32 Å². The summed E-state index contributed by atoms with van der Waals surface area (Å²) < 4.78 is 1.43. The first kappa shape index (κ1) is 19.3. The van der Waals surface area contributed by atoms with Crippen LogP contribution in [-0.2, 0) is 13.0 Å². The van der Waals surface area contributed by atoms with E-state index in [4.69, 9.17) is 0 Å². The van der Waals surface area contributed by atoms with Gasteiger partial charge in [-0.2, -0.15) is 0 Å². The second-order valence-corrected chi connectivity index (χ2v) is 8.35. The van der Waals surface area contributed by atoms with Crippen LogP contribution in [-0.4, -0.2) is 38.8 Å². The summed E-state index contributed by atoms with van der Waals surface area (Å²) in [6, 6.07) is 12.2. The fraction of sp³-hybridized carbons (Fsp3) is 0.348. The monoisotopic (exact) mass is 390 g/mol. The number of hydrogen-bond donors (Lipinski definition) is 1. The zero-order valence-electron chi connectivity index (χ0n) is 17.1. The van der Waals surface area contributed by atoms with E-state index in [1.54, 1.807) is 12.3 Å². The molecule has 0 saturated heterocycles. The lowest BCUT2D eigenvalue weighted by atomic mass is 9.94. The van der Waals surface area contributed by atoms with Crippen molar-refractivity contribution in [3.63, 3.8) is 0 Å². The van der Waals surface area contributed by atoms with Crippen molar-refractivity contribution < 1.29 is 4.79 Å². The van der Waals surface area contributed by atoms with Gasteiger partial charge >= 0.3 is 0 Å². The van der Waals surface area contributed by atoms with Crippen molar-refractivity contribution in [2.45, 2.75) is 39.3 Å². The summed E-state index contributed by atoms with van der Waals surface area (Å²) in [6.07, 6.45) is 4.08. The van der Waals surface area contributed by atoms with E-state index >= 15 is 0 Å². The van der Waals surface area contributed by atoms with Crippen LogP contribution in [0.15, 0.2) is 53.6 Å². The van der Waals surface area contributed by atoms with Crippen LogP contribution < -0.4 is 10.9 Å². The molecule has 0 unspecified atom stereocenters. The molecule has 150 valence electrons. The van der Waals surface area contributed by atoms with Gasteiger partial charge in [0.05, 0.1) is 0 Å². The zero-order valence-corrected chi connectivity index (χ0v) is 17.1. The molecule has 3 aromatic rings. The summed E-state index contributed by atoms with van der Waals surface area (Å²) >= 11 is 0. The van der Waals surface area contributed by atoms with Crippen molar-refractivity contribution in [2.75, 3.05) is 13.1 Å². The maximum atomic E-state index is 12.7. The molecule has 2 aromatic heterocycles. The number of pyridine rings is 1. The molecule has 29 heavy (non-hydrogen) atoms. The van der Waals surface area contributed by atoms with Crippen molar-refractivity contribution in [1.29, 1.82) is 0 Å². The first-order valence-electron chi connectivity index (χ1n) is 9.93. The van der Waals surface area contributed by atoms with Crippen LogP contribution in [0.5, 0.6) is 0 Å². The molecule has 3 heterocycles. The maximum Gasteiger partial charge on any atom is 0.270 e. The maximum absolute atomic E-state index is 12.7. The first-order valence-corrected chi connectivity index (χ1v) is 9.93. The van der Waals surface area contributed by atoms with Crippen molar-refractivity contribution in [3.8, 4) is 0 Å². The molecule has 0 aliphatic carbocycles. The van der Waals surface area contributed by atoms with Gasteiger partial charge in [0, 0.05) is 37.6 Å². The molecule has 0 atom stereocenters.